The number of carboxylic acids is 1. The van der Waals surface area contributed by atoms with Gasteiger partial charge in [-0.2, -0.15) is 5.26 Å². The van der Waals surface area contributed by atoms with Gasteiger partial charge in [0, 0.05) is 6.54 Å². The molecule has 0 bridgehead atoms. The van der Waals surface area contributed by atoms with Gasteiger partial charge >= 0.3 is 5.97 Å². The van der Waals surface area contributed by atoms with Crippen molar-refractivity contribution in [3.05, 3.63) is 33.8 Å². The molecule has 4 nitrogen and oxygen atoms in total. The van der Waals surface area contributed by atoms with E-state index in [0.717, 1.165) is 0 Å². The smallest absolute Gasteiger partial charge is 0.307 e. The summed E-state index contributed by atoms with van der Waals surface area (Å²) in [5.41, 5.74) is 6.81. The van der Waals surface area contributed by atoms with Crippen molar-refractivity contribution < 1.29 is 9.90 Å². The molecular weight excluding hydrogens is 216 g/mol. The quantitative estimate of drug-likeness (QED) is 0.810. The molecule has 0 aliphatic rings. The molecule has 0 atom stereocenters. The van der Waals surface area contributed by atoms with Crippen LogP contribution in [0.1, 0.15) is 16.7 Å². The normalized spacial score (nSPS) is 9.67. The number of rotatable bonds is 3. The molecule has 0 spiro atoms. The van der Waals surface area contributed by atoms with Crippen LogP contribution in [0.2, 0.25) is 5.02 Å². The largest absolute Gasteiger partial charge is 0.481 e. The number of carboxylic acid groups (broad SMARTS) is 1. The Bertz CT molecular complexity index is 438. The fourth-order valence-corrected chi connectivity index (χ4v) is 1.49. The van der Waals surface area contributed by atoms with Crippen LogP contribution in [0, 0.1) is 11.3 Å². The lowest BCUT2D eigenvalue weighted by atomic mass is 10.0. The Kier molecular flexibility index (Phi) is 3.67. The predicted octanol–water partition coefficient (Wildman–Crippen LogP) is 1.30. The maximum absolute atomic E-state index is 10.5. The number of carbonyl (C=O) groups is 1. The molecular formula is C10H9ClN2O2. The van der Waals surface area contributed by atoms with Crippen LogP contribution in [0.15, 0.2) is 12.1 Å². The molecule has 78 valence electrons. The molecule has 0 radical (unpaired) electrons. The van der Waals surface area contributed by atoms with Gasteiger partial charge in [-0.05, 0) is 17.2 Å². The highest BCUT2D eigenvalue weighted by atomic mass is 35.5. The average Bonchev–Trinajstić information content (AvgIpc) is 2.19. The number of aliphatic carboxylic acids is 1. The Balaban J connectivity index is 3.22. The molecule has 0 aliphatic heterocycles. The number of nitrogens with zero attached hydrogens (tertiary/aromatic N) is 1. The van der Waals surface area contributed by atoms with Gasteiger partial charge in [0.05, 0.1) is 17.0 Å². The van der Waals surface area contributed by atoms with E-state index < -0.39 is 5.97 Å². The molecule has 0 saturated heterocycles. The average molecular weight is 225 g/mol. The topological polar surface area (TPSA) is 87.1 Å². The first-order valence-electron chi connectivity index (χ1n) is 4.21. The summed E-state index contributed by atoms with van der Waals surface area (Å²) in [4.78, 5) is 10.5. The summed E-state index contributed by atoms with van der Waals surface area (Å²) in [5, 5.41) is 17.7. The van der Waals surface area contributed by atoms with Crippen LogP contribution in [-0.4, -0.2) is 11.1 Å². The molecule has 15 heavy (non-hydrogen) atoms. The van der Waals surface area contributed by atoms with E-state index in [1.54, 1.807) is 6.07 Å². The molecule has 0 unspecified atom stereocenters. The molecule has 1 rings (SSSR count). The summed E-state index contributed by atoms with van der Waals surface area (Å²) < 4.78 is 0. The molecule has 0 aliphatic carbocycles. The third kappa shape index (κ3) is 2.69. The van der Waals surface area contributed by atoms with Crippen molar-refractivity contribution in [1.29, 1.82) is 5.26 Å². The first-order chi connectivity index (χ1) is 7.08. The van der Waals surface area contributed by atoms with Crippen LogP contribution >= 0.6 is 11.6 Å². The van der Waals surface area contributed by atoms with Crippen molar-refractivity contribution >= 4 is 17.6 Å². The Morgan fingerprint density at radius 3 is 2.73 bits per heavy atom. The standard InChI is InChI=1S/C10H9ClN2O2/c11-10-7(4-12)1-6(3-9(14)15)2-8(10)5-13/h1-2H,3-4,12H2,(H,14,15). The molecule has 0 amide bonds. The second kappa shape index (κ2) is 4.78. The van der Waals surface area contributed by atoms with Gasteiger partial charge in [0.15, 0.2) is 0 Å². The van der Waals surface area contributed by atoms with E-state index in [0.29, 0.717) is 16.1 Å². The van der Waals surface area contributed by atoms with Crippen molar-refractivity contribution in [2.45, 2.75) is 13.0 Å². The third-order valence-corrected chi connectivity index (χ3v) is 2.35. The SMILES string of the molecule is N#Cc1cc(CC(=O)O)cc(CN)c1Cl. The van der Waals surface area contributed by atoms with Crippen LogP contribution in [0.3, 0.4) is 0 Å². The zero-order valence-corrected chi connectivity index (χ0v) is 8.58. The van der Waals surface area contributed by atoms with Crippen molar-refractivity contribution in [1.82, 2.24) is 0 Å². The Morgan fingerprint density at radius 2 is 2.27 bits per heavy atom. The minimum Gasteiger partial charge on any atom is -0.481 e. The number of nitrogens with two attached hydrogens (primary N) is 1. The Hall–Kier alpha value is -1.57. The highest BCUT2D eigenvalue weighted by Gasteiger charge is 2.09. The van der Waals surface area contributed by atoms with Gasteiger partial charge in [-0.25, -0.2) is 0 Å². The molecule has 1 aromatic rings. The summed E-state index contributed by atoms with van der Waals surface area (Å²) in [6.07, 6.45) is -0.140. The van der Waals surface area contributed by atoms with E-state index in [-0.39, 0.29) is 18.5 Å². The first-order valence-corrected chi connectivity index (χ1v) is 4.59. The summed E-state index contributed by atoms with van der Waals surface area (Å²) >= 11 is 5.87. The maximum atomic E-state index is 10.5. The zero-order valence-electron chi connectivity index (χ0n) is 7.83. The van der Waals surface area contributed by atoms with Gasteiger partial charge in [-0.15, -0.1) is 0 Å². The molecule has 0 saturated carbocycles. The van der Waals surface area contributed by atoms with Crippen LogP contribution in [0.5, 0.6) is 0 Å². The number of hydrogen-bond acceptors (Lipinski definition) is 3. The fourth-order valence-electron chi connectivity index (χ4n) is 1.26. The van der Waals surface area contributed by atoms with Gasteiger partial charge < -0.3 is 10.8 Å². The zero-order chi connectivity index (χ0) is 11.4. The van der Waals surface area contributed by atoms with Gasteiger partial charge in [-0.3, -0.25) is 4.79 Å². The van der Waals surface area contributed by atoms with E-state index in [1.165, 1.54) is 6.07 Å². The van der Waals surface area contributed by atoms with Crippen LogP contribution in [-0.2, 0) is 17.8 Å². The number of halogens is 1. The molecule has 0 aromatic heterocycles. The van der Waals surface area contributed by atoms with Crippen molar-refractivity contribution in [2.24, 2.45) is 5.73 Å². The van der Waals surface area contributed by atoms with Gasteiger partial charge in [0.2, 0.25) is 0 Å². The van der Waals surface area contributed by atoms with E-state index >= 15 is 0 Å². The lowest BCUT2D eigenvalue weighted by molar-refractivity contribution is -0.136. The third-order valence-electron chi connectivity index (χ3n) is 1.90. The van der Waals surface area contributed by atoms with Crippen LogP contribution in [0.25, 0.3) is 0 Å². The lowest BCUT2D eigenvalue weighted by Gasteiger charge is -2.06. The summed E-state index contributed by atoms with van der Waals surface area (Å²) in [5.74, 6) is -0.954. The van der Waals surface area contributed by atoms with Crippen molar-refractivity contribution in [2.75, 3.05) is 0 Å². The number of nitriles is 1. The number of benzene rings is 1. The molecule has 0 heterocycles. The molecule has 1 aromatic carbocycles. The molecule has 5 heteroatoms. The van der Waals surface area contributed by atoms with Crippen molar-refractivity contribution in [3.8, 4) is 6.07 Å². The molecule has 0 fully saturated rings. The van der Waals surface area contributed by atoms with Gasteiger partial charge in [0.1, 0.15) is 6.07 Å². The van der Waals surface area contributed by atoms with E-state index in [4.69, 9.17) is 27.7 Å². The first kappa shape index (κ1) is 11.5. The summed E-state index contributed by atoms with van der Waals surface area (Å²) in [6, 6.07) is 4.98. The van der Waals surface area contributed by atoms with E-state index in [9.17, 15) is 4.79 Å². The highest BCUT2D eigenvalue weighted by Crippen LogP contribution is 2.22. The van der Waals surface area contributed by atoms with E-state index in [1.807, 2.05) is 6.07 Å². The lowest BCUT2D eigenvalue weighted by Crippen LogP contribution is -2.04. The van der Waals surface area contributed by atoms with Crippen LogP contribution in [0.4, 0.5) is 0 Å². The van der Waals surface area contributed by atoms with Gasteiger partial charge in [-0.1, -0.05) is 17.7 Å². The second-order valence-corrected chi connectivity index (χ2v) is 3.38. The maximum Gasteiger partial charge on any atom is 0.307 e. The summed E-state index contributed by atoms with van der Waals surface area (Å²) in [6.45, 7) is 0.182. The Labute approximate surface area is 91.9 Å². The summed E-state index contributed by atoms with van der Waals surface area (Å²) in [7, 11) is 0. The Morgan fingerprint density at radius 1 is 1.60 bits per heavy atom. The predicted molar refractivity (Wildman–Crippen MR) is 55.4 cm³/mol. The highest BCUT2D eigenvalue weighted by molar-refractivity contribution is 6.32. The monoisotopic (exact) mass is 224 g/mol. The minimum absolute atomic E-state index is 0.140. The van der Waals surface area contributed by atoms with Crippen molar-refractivity contribution in [3.63, 3.8) is 0 Å². The van der Waals surface area contributed by atoms with Gasteiger partial charge in [0.25, 0.3) is 0 Å². The van der Waals surface area contributed by atoms with E-state index in [2.05, 4.69) is 0 Å². The van der Waals surface area contributed by atoms with Crippen LogP contribution < -0.4 is 5.73 Å². The number of hydrogen-bond donors (Lipinski definition) is 2. The second-order valence-electron chi connectivity index (χ2n) is 3.00. The minimum atomic E-state index is -0.954. The molecule has 3 N–H and O–H groups in total. The fraction of sp³-hybridized carbons (Fsp3) is 0.200.